The summed E-state index contributed by atoms with van der Waals surface area (Å²) in [5.74, 6) is -0.976. The summed E-state index contributed by atoms with van der Waals surface area (Å²) in [6.45, 7) is 4.51. The molecule has 0 aromatic rings. The van der Waals surface area contributed by atoms with E-state index in [1.165, 1.54) is 0 Å². The fraction of sp³-hybridized carbons (Fsp3) is 0.818. The van der Waals surface area contributed by atoms with Crippen LogP contribution in [0.2, 0.25) is 0 Å². The predicted octanol–water partition coefficient (Wildman–Crippen LogP) is 1.77. The van der Waals surface area contributed by atoms with Gasteiger partial charge in [0, 0.05) is 19.0 Å². The molecular weight excluding hydrogens is 192 g/mol. The number of hydrogen-bond donors (Lipinski definition) is 2. The molecule has 4 nitrogen and oxygen atoms in total. The fourth-order valence-electron chi connectivity index (χ4n) is 1.33. The first-order valence-corrected chi connectivity index (χ1v) is 5.41. The number of hydrogen-bond acceptors (Lipinski definition) is 3. The van der Waals surface area contributed by atoms with Crippen LogP contribution in [0.4, 0.5) is 0 Å². The highest BCUT2D eigenvalue weighted by Crippen LogP contribution is 2.09. The largest absolute Gasteiger partial charge is 0.481 e. The van der Waals surface area contributed by atoms with E-state index in [0.717, 1.165) is 19.3 Å². The number of nitriles is 1. The van der Waals surface area contributed by atoms with E-state index in [1.807, 2.05) is 0 Å². The van der Waals surface area contributed by atoms with E-state index in [2.05, 4.69) is 18.3 Å². The summed E-state index contributed by atoms with van der Waals surface area (Å²) >= 11 is 0. The van der Waals surface area contributed by atoms with Gasteiger partial charge in [-0.05, 0) is 19.8 Å². The van der Waals surface area contributed by atoms with Crippen molar-refractivity contribution in [2.75, 3.05) is 6.54 Å². The first-order chi connectivity index (χ1) is 7.07. The molecule has 0 aliphatic rings. The Labute approximate surface area is 91.3 Å². The first-order valence-electron chi connectivity index (χ1n) is 5.41. The van der Waals surface area contributed by atoms with Gasteiger partial charge >= 0.3 is 5.97 Å². The number of carbonyl (C=O) groups is 1. The topological polar surface area (TPSA) is 73.1 Å². The molecule has 0 aromatic carbocycles. The fourth-order valence-corrected chi connectivity index (χ4v) is 1.33. The average Bonchev–Trinajstić information content (AvgIpc) is 2.18. The molecule has 0 radical (unpaired) electrons. The van der Waals surface area contributed by atoms with Crippen LogP contribution in [-0.2, 0) is 4.79 Å². The van der Waals surface area contributed by atoms with Gasteiger partial charge < -0.3 is 10.4 Å². The maximum atomic E-state index is 10.5. The molecule has 0 saturated carbocycles. The Balaban J connectivity index is 3.43. The molecule has 2 N–H and O–H groups in total. The minimum atomic E-state index is -0.722. The summed E-state index contributed by atoms with van der Waals surface area (Å²) < 4.78 is 0. The average molecular weight is 212 g/mol. The van der Waals surface area contributed by atoms with Crippen molar-refractivity contribution in [1.82, 2.24) is 5.32 Å². The van der Waals surface area contributed by atoms with Crippen molar-refractivity contribution in [2.45, 2.75) is 45.6 Å². The lowest BCUT2D eigenvalue weighted by Gasteiger charge is -2.13. The molecule has 0 fully saturated rings. The van der Waals surface area contributed by atoms with Crippen LogP contribution < -0.4 is 5.32 Å². The van der Waals surface area contributed by atoms with Gasteiger partial charge in [-0.2, -0.15) is 5.26 Å². The number of carboxylic acids is 1. The highest BCUT2D eigenvalue weighted by molar-refractivity contribution is 5.69. The standard InChI is InChI=1S/C11H20N2O2/c1-9(11(14)15)5-3-6-10(2)13-8-4-7-12/h9-10,13H,3-6,8H2,1-2H3,(H,14,15). The van der Waals surface area contributed by atoms with E-state index in [9.17, 15) is 4.79 Å². The smallest absolute Gasteiger partial charge is 0.306 e. The van der Waals surface area contributed by atoms with Gasteiger partial charge in [-0.25, -0.2) is 0 Å². The van der Waals surface area contributed by atoms with Crippen LogP contribution >= 0.6 is 0 Å². The van der Waals surface area contributed by atoms with E-state index in [4.69, 9.17) is 10.4 Å². The van der Waals surface area contributed by atoms with Gasteiger partial charge in [-0.1, -0.05) is 13.3 Å². The molecule has 0 bridgehead atoms. The molecule has 2 atom stereocenters. The summed E-state index contributed by atoms with van der Waals surface area (Å²) in [6, 6.07) is 2.43. The van der Waals surface area contributed by atoms with E-state index in [1.54, 1.807) is 6.92 Å². The summed E-state index contributed by atoms with van der Waals surface area (Å²) in [5, 5.41) is 20.2. The lowest BCUT2D eigenvalue weighted by atomic mass is 10.0. The summed E-state index contributed by atoms with van der Waals surface area (Å²) in [4.78, 5) is 10.5. The molecule has 0 amide bonds. The van der Waals surface area contributed by atoms with Crippen LogP contribution in [-0.4, -0.2) is 23.7 Å². The molecule has 0 saturated heterocycles. The Morgan fingerprint density at radius 2 is 2.13 bits per heavy atom. The molecule has 0 aliphatic heterocycles. The molecule has 0 spiro atoms. The Bertz CT molecular complexity index is 223. The van der Waals surface area contributed by atoms with Gasteiger partial charge in [0.25, 0.3) is 0 Å². The van der Waals surface area contributed by atoms with Gasteiger partial charge in [0.1, 0.15) is 0 Å². The van der Waals surface area contributed by atoms with Crippen LogP contribution in [0.3, 0.4) is 0 Å². The number of nitrogens with one attached hydrogen (secondary N) is 1. The van der Waals surface area contributed by atoms with Crippen LogP contribution in [0, 0.1) is 17.2 Å². The van der Waals surface area contributed by atoms with E-state index >= 15 is 0 Å². The third-order valence-corrected chi connectivity index (χ3v) is 2.43. The van der Waals surface area contributed by atoms with Gasteiger partial charge in [-0.15, -0.1) is 0 Å². The highest BCUT2D eigenvalue weighted by atomic mass is 16.4. The van der Waals surface area contributed by atoms with Crippen molar-refractivity contribution >= 4 is 5.97 Å². The van der Waals surface area contributed by atoms with Crippen LogP contribution in [0.5, 0.6) is 0 Å². The van der Waals surface area contributed by atoms with Crippen molar-refractivity contribution in [1.29, 1.82) is 5.26 Å². The van der Waals surface area contributed by atoms with E-state index in [-0.39, 0.29) is 5.92 Å². The monoisotopic (exact) mass is 212 g/mol. The molecule has 0 rings (SSSR count). The number of aliphatic carboxylic acids is 1. The summed E-state index contributed by atoms with van der Waals surface area (Å²) in [7, 11) is 0. The van der Waals surface area contributed by atoms with Gasteiger partial charge in [-0.3, -0.25) is 4.79 Å². The quantitative estimate of drug-likeness (QED) is 0.601. The van der Waals surface area contributed by atoms with Crippen LogP contribution in [0.1, 0.15) is 39.5 Å². The molecule has 4 heteroatoms. The Morgan fingerprint density at radius 1 is 1.47 bits per heavy atom. The van der Waals surface area contributed by atoms with E-state index in [0.29, 0.717) is 19.0 Å². The molecule has 2 unspecified atom stereocenters. The zero-order valence-electron chi connectivity index (χ0n) is 9.49. The molecule has 86 valence electrons. The maximum absolute atomic E-state index is 10.5. The van der Waals surface area contributed by atoms with Crippen LogP contribution in [0.25, 0.3) is 0 Å². The summed E-state index contributed by atoms with van der Waals surface area (Å²) in [6.07, 6.45) is 3.12. The predicted molar refractivity (Wildman–Crippen MR) is 58.3 cm³/mol. The highest BCUT2D eigenvalue weighted by Gasteiger charge is 2.10. The van der Waals surface area contributed by atoms with Crippen LogP contribution in [0.15, 0.2) is 0 Å². The lowest BCUT2D eigenvalue weighted by molar-refractivity contribution is -0.141. The number of nitrogens with zero attached hydrogens (tertiary/aromatic N) is 1. The van der Waals surface area contributed by atoms with Gasteiger partial charge in [0.05, 0.1) is 12.0 Å². The maximum Gasteiger partial charge on any atom is 0.306 e. The Kier molecular flexibility index (Phi) is 7.65. The molecule has 0 aromatic heterocycles. The SMILES string of the molecule is CC(CCCC(C)C(=O)O)NCCC#N. The number of carboxylic acid groups (broad SMARTS) is 1. The Hall–Kier alpha value is -1.08. The second kappa shape index (κ2) is 8.25. The second-order valence-electron chi connectivity index (χ2n) is 3.93. The van der Waals surface area contributed by atoms with Gasteiger partial charge in [0.15, 0.2) is 0 Å². The number of rotatable bonds is 8. The van der Waals surface area contributed by atoms with Crippen molar-refractivity contribution in [3.8, 4) is 6.07 Å². The molecule has 0 aliphatic carbocycles. The minimum absolute atomic E-state index is 0.253. The third kappa shape index (κ3) is 7.95. The molecule has 15 heavy (non-hydrogen) atoms. The summed E-state index contributed by atoms with van der Waals surface area (Å²) in [5.41, 5.74) is 0. The zero-order valence-corrected chi connectivity index (χ0v) is 9.49. The van der Waals surface area contributed by atoms with Crippen molar-refractivity contribution < 1.29 is 9.90 Å². The first kappa shape index (κ1) is 13.9. The molecule has 0 heterocycles. The Morgan fingerprint density at radius 3 is 2.67 bits per heavy atom. The minimum Gasteiger partial charge on any atom is -0.481 e. The second-order valence-corrected chi connectivity index (χ2v) is 3.93. The lowest BCUT2D eigenvalue weighted by Crippen LogP contribution is -2.26. The van der Waals surface area contributed by atoms with E-state index < -0.39 is 5.97 Å². The van der Waals surface area contributed by atoms with Crippen molar-refractivity contribution in [3.63, 3.8) is 0 Å². The van der Waals surface area contributed by atoms with Gasteiger partial charge in [0.2, 0.25) is 0 Å². The molecular formula is C11H20N2O2. The zero-order chi connectivity index (χ0) is 11.7. The van der Waals surface area contributed by atoms with Crippen molar-refractivity contribution in [2.24, 2.45) is 5.92 Å². The third-order valence-electron chi connectivity index (χ3n) is 2.43. The normalized spacial score (nSPS) is 14.2. The van der Waals surface area contributed by atoms with Crippen molar-refractivity contribution in [3.05, 3.63) is 0 Å².